The van der Waals surface area contributed by atoms with Gasteiger partial charge in [0.05, 0.1) is 7.11 Å². The highest BCUT2D eigenvalue weighted by Gasteiger charge is 2.25. The summed E-state index contributed by atoms with van der Waals surface area (Å²) in [6.07, 6.45) is 1.05. The van der Waals surface area contributed by atoms with E-state index in [9.17, 15) is 0 Å². The van der Waals surface area contributed by atoms with E-state index in [1.807, 2.05) is 0 Å². The fourth-order valence-electron chi connectivity index (χ4n) is 3.86. The molecule has 3 nitrogen and oxygen atoms in total. The third kappa shape index (κ3) is 3.52. The van der Waals surface area contributed by atoms with Crippen molar-refractivity contribution >= 4 is 5.69 Å². The number of aryl methyl sites for hydroxylation is 1. The molecule has 3 heteroatoms. The predicted octanol–water partition coefficient (Wildman–Crippen LogP) is 3.95. The lowest BCUT2D eigenvalue weighted by atomic mass is 9.94. The van der Waals surface area contributed by atoms with Crippen LogP contribution < -0.4 is 15.0 Å². The van der Waals surface area contributed by atoms with Gasteiger partial charge in [0.2, 0.25) is 0 Å². The Labute approximate surface area is 152 Å². The second-order valence-corrected chi connectivity index (χ2v) is 7.15. The maximum Gasteiger partial charge on any atom is 0.122 e. The van der Waals surface area contributed by atoms with Crippen LogP contribution in [0.15, 0.2) is 30.3 Å². The third-order valence-corrected chi connectivity index (χ3v) is 5.76. The molecule has 1 aliphatic rings. The van der Waals surface area contributed by atoms with Crippen molar-refractivity contribution in [1.82, 2.24) is 5.32 Å². The number of ether oxygens (including phenoxy) is 1. The number of nitrogens with one attached hydrogen (secondary N) is 1. The molecular formula is C22H30N2O. The summed E-state index contributed by atoms with van der Waals surface area (Å²) < 4.78 is 5.47. The predicted molar refractivity (Wildman–Crippen MR) is 106 cm³/mol. The van der Waals surface area contributed by atoms with Crippen LogP contribution in [-0.2, 0) is 6.42 Å². The minimum atomic E-state index is 0.473. The molecular weight excluding hydrogens is 308 g/mol. The van der Waals surface area contributed by atoms with Gasteiger partial charge in [-0.05, 0) is 74.1 Å². The van der Waals surface area contributed by atoms with Crippen LogP contribution in [-0.4, -0.2) is 32.8 Å². The van der Waals surface area contributed by atoms with Crippen LogP contribution in [0, 0.1) is 27.7 Å². The maximum absolute atomic E-state index is 5.47. The summed E-state index contributed by atoms with van der Waals surface area (Å²) in [6.45, 7) is 11.9. The van der Waals surface area contributed by atoms with Crippen molar-refractivity contribution in [1.29, 1.82) is 0 Å². The van der Waals surface area contributed by atoms with Crippen LogP contribution in [0.25, 0.3) is 0 Å². The van der Waals surface area contributed by atoms with Crippen molar-refractivity contribution in [3.63, 3.8) is 0 Å². The molecule has 134 valence electrons. The highest BCUT2D eigenvalue weighted by molar-refractivity contribution is 5.57. The molecule has 0 saturated carbocycles. The largest absolute Gasteiger partial charge is 0.496 e. The summed E-state index contributed by atoms with van der Waals surface area (Å²) >= 11 is 0. The normalized spacial score (nSPS) is 17.6. The molecule has 0 spiro atoms. The summed E-state index contributed by atoms with van der Waals surface area (Å²) in [4.78, 5) is 2.60. The number of piperazine rings is 1. The van der Waals surface area contributed by atoms with E-state index >= 15 is 0 Å². The molecule has 1 heterocycles. The zero-order chi connectivity index (χ0) is 18.0. The van der Waals surface area contributed by atoms with E-state index in [0.29, 0.717) is 6.04 Å². The molecule has 0 aromatic heterocycles. The summed E-state index contributed by atoms with van der Waals surface area (Å²) in [5, 5.41) is 3.58. The molecule has 1 N–H and O–H groups in total. The molecule has 2 aromatic carbocycles. The van der Waals surface area contributed by atoms with Gasteiger partial charge in [0.1, 0.15) is 5.75 Å². The first-order valence-corrected chi connectivity index (χ1v) is 9.19. The Kier molecular flexibility index (Phi) is 5.33. The smallest absolute Gasteiger partial charge is 0.122 e. The standard InChI is InChI=1S/C22H30N2O/c1-15-7-6-8-21(16(15)2)24-12-11-23-14-20(24)13-19-9-10-22(25-5)18(4)17(19)3/h6-10,20,23H,11-14H2,1-5H3. The molecule has 1 fully saturated rings. The molecule has 1 saturated heterocycles. The van der Waals surface area contributed by atoms with E-state index in [-0.39, 0.29) is 0 Å². The number of hydrogen-bond donors (Lipinski definition) is 1. The zero-order valence-corrected chi connectivity index (χ0v) is 16.1. The Hall–Kier alpha value is -2.00. The number of benzene rings is 2. The lowest BCUT2D eigenvalue weighted by molar-refractivity contribution is 0.410. The van der Waals surface area contributed by atoms with Crippen LogP contribution >= 0.6 is 0 Å². The Morgan fingerprint density at radius 3 is 2.60 bits per heavy atom. The fraction of sp³-hybridized carbons (Fsp3) is 0.455. The molecule has 1 atom stereocenters. The molecule has 3 rings (SSSR count). The van der Waals surface area contributed by atoms with Gasteiger partial charge < -0.3 is 15.0 Å². The van der Waals surface area contributed by atoms with Crippen molar-refractivity contribution in [3.8, 4) is 5.75 Å². The summed E-state index contributed by atoms with van der Waals surface area (Å²) in [5.41, 5.74) is 8.17. The van der Waals surface area contributed by atoms with E-state index < -0.39 is 0 Å². The molecule has 0 bridgehead atoms. The molecule has 0 aliphatic carbocycles. The summed E-state index contributed by atoms with van der Waals surface area (Å²) in [5.74, 6) is 0.981. The van der Waals surface area contributed by atoms with E-state index in [0.717, 1.165) is 31.8 Å². The van der Waals surface area contributed by atoms with Gasteiger partial charge in [-0.3, -0.25) is 0 Å². The first kappa shape index (κ1) is 17.8. The second kappa shape index (κ2) is 7.49. The lowest BCUT2D eigenvalue weighted by Crippen LogP contribution is -2.52. The van der Waals surface area contributed by atoms with E-state index in [1.54, 1.807) is 7.11 Å². The van der Waals surface area contributed by atoms with Gasteiger partial charge in [-0.1, -0.05) is 18.2 Å². The van der Waals surface area contributed by atoms with Gasteiger partial charge in [-0.25, -0.2) is 0 Å². The van der Waals surface area contributed by atoms with Gasteiger partial charge >= 0.3 is 0 Å². The van der Waals surface area contributed by atoms with Gasteiger partial charge in [0.15, 0.2) is 0 Å². The van der Waals surface area contributed by atoms with Crippen LogP contribution in [0.2, 0.25) is 0 Å². The van der Waals surface area contributed by atoms with Crippen molar-refractivity contribution < 1.29 is 4.74 Å². The SMILES string of the molecule is COc1ccc(CC2CNCCN2c2cccc(C)c2C)c(C)c1C. The lowest BCUT2D eigenvalue weighted by Gasteiger charge is -2.39. The molecule has 0 radical (unpaired) electrons. The van der Waals surface area contributed by atoms with Crippen molar-refractivity contribution in [2.24, 2.45) is 0 Å². The van der Waals surface area contributed by atoms with Crippen molar-refractivity contribution in [2.45, 2.75) is 40.2 Å². The van der Waals surface area contributed by atoms with E-state index in [2.05, 4.69) is 68.2 Å². The number of hydrogen-bond acceptors (Lipinski definition) is 3. The zero-order valence-electron chi connectivity index (χ0n) is 16.1. The minimum Gasteiger partial charge on any atom is -0.496 e. The van der Waals surface area contributed by atoms with E-state index in [4.69, 9.17) is 4.74 Å². The minimum absolute atomic E-state index is 0.473. The number of nitrogens with zero attached hydrogens (tertiary/aromatic N) is 1. The first-order valence-electron chi connectivity index (χ1n) is 9.19. The highest BCUT2D eigenvalue weighted by Crippen LogP contribution is 2.29. The van der Waals surface area contributed by atoms with E-state index in [1.165, 1.54) is 33.5 Å². The maximum atomic E-state index is 5.47. The Morgan fingerprint density at radius 2 is 1.84 bits per heavy atom. The fourth-order valence-corrected chi connectivity index (χ4v) is 3.86. The van der Waals surface area contributed by atoms with Crippen LogP contribution in [0.1, 0.15) is 27.8 Å². The summed E-state index contributed by atoms with van der Waals surface area (Å²) in [7, 11) is 1.74. The van der Waals surface area contributed by atoms with Crippen molar-refractivity contribution in [2.75, 3.05) is 31.6 Å². The monoisotopic (exact) mass is 338 g/mol. The van der Waals surface area contributed by atoms with Crippen LogP contribution in [0.4, 0.5) is 5.69 Å². The molecule has 1 unspecified atom stereocenters. The first-order chi connectivity index (χ1) is 12.0. The van der Waals surface area contributed by atoms with Crippen molar-refractivity contribution in [3.05, 3.63) is 58.1 Å². The van der Waals surface area contributed by atoms with Gasteiger partial charge in [0.25, 0.3) is 0 Å². The molecule has 2 aromatic rings. The third-order valence-electron chi connectivity index (χ3n) is 5.76. The Balaban J connectivity index is 1.90. The van der Waals surface area contributed by atoms with Gasteiger partial charge in [-0.2, -0.15) is 0 Å². The molecule has 0 amide bonds. The quantitative estimate of drug-likeness (QED) is 0.913. The highest BCUT2D eigenvalue weighted by atomic mass is 16.5. The second-order valence-electron chi connectivity index (χ2n) is 7.15. The molecule has 1 aliphatic heterocycles. The van der Waals surface area contributed by atoms with Gasteiger partial charge in [0, 0.05) is 31.4 Å². The number of methoxy groups -OCH3 is 1. The Bertz CT molecular complexity index is 754. The topological polar surface area (TPSA) is 24.5 Å². The Morgan fingerprint density at radius 1 is 1.04 bits per heavy atom. The number of anilines is 1. The van der Waals surface area contributed by atoms with Crippen LogP contribution in [0.3, 0.4) is 0 Å². The molecule has 25 heavy (non-hydrogen) atoms. The average Bonchev–Trinajstić information content (AvgIpc) is 2.62. The number of rotatable bonds is 4. The van der Waals surface area contributed by atoms with Crippen LogP contribution in [0.5, 0.6) is 5.75 Å². The van der Waals surface area contributed by atoms with Gasteiger partial charge in [-0.15, -0.1) is 0 Å². The average molecular weight is 338 g/mol. The summed E-state index contributed by atoms with van der Waals surface area (Å²) in [6, 6.07) is 11.5.